The molecule has 1 aliphatic carbocycles. The lowest BCUT2D eigenvalue weighted by molar-refractivity contribution is 0.372. The maximum Gasteiger partial charge on any atom is 0.249 e. The van der Waals surface area contributed by atoms with Gasteiger partial charge >= 0.3 is 0 Å². The van der Waals surface area contributed by atoms with Crippen molar-refractivity contribution in [3.05, 3.63) is 47.6 Å². The van der Waals surface area contributed by atoms with E-state index in [-0.39, 0.29) is 5.38 Å². The maximum absolute atomic E-state index is 6.41. The summed E-state index contributed by atoms with van der Waals surface area (Å²) >= 11 is 6.41. The minimum absolute atomic E-state index is 0.360. The van der Waals surface area contributed by atoms with Crippen LogP contribution < -0.4 is 0 Å². The van der Waals surface area contributed by atoms with Crippen LogP contribution in [0.2, 0.25) is 0 Å². The number of benzene rings is 1. The van der Waals surface area contributed by atoms with Crippen molar-refractivity contribution in [3.63, 3.8) is 0 Å². The Bertz CT molecular complexity index is 555. The fraction of sp³-hybridized carbons (Fsp3) is 0.500. The number of nitrogens with zero attached hydrogens (tertiary/aromatic N) is 2. The number of halogens is 1. The molecule has 20 heavy (non-hydrogen) atoms. The van der Waals surface area contributed by atoms with Gasteiger partial charge in [-0.25, -0.2) is 0 Å². The SMILES string of the molecule is CCC1CCC(c2noc(C(Cl)c3ccccc3)n2)C1. The summed E-state index contributed by atoms with van der Waals surface area (Å²) < 4.78 is 5.37. The molecule has 1 fully saturated rings. The Morgan fingerprint density at radius 3 is 2.80 bits per heavy atom. The number of aromatic nitrogens is 2. The number of rotatable bonds is 4. The van der Waals surface area contributed by atoms with Crippen molar-refractivity contribution in [1.29, 1.82) is 0 Å². The lowest BCUT2D eigenvalue weighted by atomic mass is 10.0. The Hall–Kier alpha value is -1.35. The highest BCUT2D eigenvalue weighted by molar-refractivity contribution is 6.22. The highest BCUT2D eigenvalue weighted by Gasteiger charge is 2.29. The van der Waals surface area contributed by atoms with Gasteiger partial charge in [0.1, 0.15) is 5.38 Å². The molecule has 3 atom stereocenters. The molecule has 1 aromatic carbocycles. The molecule has 2 aromatic rings. The average Bonchev–Trinajstić information content (AvgIpc) is 3.16. The number of hydrogen-bond donors (Lipinski definition) is 0. The molecule has 1 aromatic heterocycles. The molecule has 0 N–H and O–H groups in total. The Balaban J connectivity index is 1.74. The summed E-state index contributed by atoms with van der Waals surface area (Å²) in [7, 11) is 0. The van der Waals surface area contributed by atoms with Gasteiger partial charge in [-0.1, -0.05) is 48.8 Å². The van der Waals surface area contributed by atoms with Crippen LogP contribution in [0, 0.1) is 5.92 Å². The molecule has 0 spiro atoms. The van der Waals surface area contributed by atoms with E-state index >= 15 is 0 Å². The summed E-state index contributed by atoms with van der Waals surface area (Å²) in [5.74, 6) is 2.59. The van der Waals surface area contributed by atoms with E-state index in [1.807, 2.05) is 30.3 Å². The first kappa shape index (κ1) is 13.6. The van der Waals surface area contributed by atoms with Crippen LogP contribution >= 0.6 is 11.6 Å². The van der Waals surface area contributed by atoms with E-state index in [9.17, 15) is 0 Å². The molecule has 106 valence electrons. The van der Waals surface area contributed by atoms with Crippen LogP contribution in [0.5, 0.6) is 0 Å². The van der Waals surface area contributed by atoms with E-state index in [0.29, 0.717) is 11.8 Å². The Labute approximate surface area is 124 Å². The molecular weight excluding hydrogens is 272 g/mol. The second-order valence-electron chi connectivity index (χ2n) is 5.55. The molecule has 0 amide bonds. The van der Waals surface area contributed by atoms with Crippen molar-refractivity contribution < 1.29 is 4.52 Å². The van der Waals surface area contributed by atoms with Gasteiger partial charge in [0.05, 0.1) is 0 Å². The van der Waals surface area contributed by atoms with Crippen LogP contribution in [-0.2, 0) is 0 Å². The van der Waals surface area contributed by atoms with E-state index in [0.717, 1.165) is 23.7 Å². The topological polar surface area (TPSA) is 38.9 Å². The van der Waals surface area contributed by atoms with E-state index in [2.05, 4.69) is 17.1 Å². The quantitative estimate of drug-likeness (QED) is 0.767. The van der Waals surface area contributed by atoms with Crippen LogP contribution in [0.15, 0.2) is 34.9 Å². The van der Waals surface area contributed by atoms with Gasteiger partial charge in [-0.15, -0.1) is 11.6 Å². The molecule has 1 heterocycles. The predicted molar refractivity (Wildman–Crippen MR) is 78.8 cm³/mol. The van der Waals surface area contributed by atoms with Crippen LogP contribution in [0.3, 0.4) is 0 Å². The third-order valence-electron chi connectivity index (χ3n) is 4.25. The zero-order chi connectivity index (χ0) is 13.9. The molecule has 3 rings (SSSR count). The normalized spacial score (nSPS) is 23.9. The van der Waals surface area contributed by atoms with Gasteiger partial charge < -0.3 is 4.52 Å². The molecule has 0 saturated heterocycles. The van der Waals surface area contributed by atoms with Crippen molar-refractivity contribution in [3.8, 4) is 0 Å². The third-order valence-corrected chi connectivity index (χ3v) is 4.69. The lowest BCUT2D eigenvalue weighted by Crippen LogP contribution is -1.98. The zero-order valence-corrected chi connectivity index (χ0v) is 12.4. The number of alkyl halides is 1. The summed E-state index contributed by atoms with van der Waals surface area (Å²) in [5, 5.41) is 3.78. The Kier molecular flexibility index (Phi) is 4.06. The van der Waals surface area contributed by atoms with E-state index in [1.165, 1.54) is 19.3 Å². The summed E-state index contributed by atoms with van der Waals surface area (Å²) in [5.41, 5.74) is 0.988. The highest BCUT2D eigenvalue weighted by Crippen LogP contribution is 2.39. The maximum atomic E-state index is 6.41. The first-order valence-electron chi connectivity index (χ1n) is 7.30. The molecule has 3 unspecified atom stereocenters. The number of hydrogen-bond acceptors (Lipinski definition) is 3. The van der Waals surface area contributed by atoms with Gasteiger partial charge in [0.25, 0.3) is 0 Å². The van der Waals surface area contributed by atoms with Crippen LogP contribution in [-0.4, -0.2) is 10.1 Å². The largest absolute Gasteiger partial charge is 0.337 e. The second kappa shape index (κ2) is 5.96. The Morgan fingerprint density at radius 1 is 1.30 bits per heavy atom. The van der Waals surface area contributed by atoms with Crippen molar-refractivity contribution in [2.24, 2.45) is 5.92 Å². The summed E-state index contributed by atoms with van der Waals surface area (Å²) in [6, 6.07) is 9.85. The minimum atomic E-state index is -0.360. The van der Waals surface area contributed by atoms with Gasteiger partial charge in [0, 0.05) is 5.92 Å². The summed E-state index contributed by atoms with van der Waals surface area (Å²) in [4.78, 5) is 4.53. The second-order valence-corrected chi connectivity index (χ2v) is 5.98. The predicted octanol–water partition coefficient (Wildman–Crippen LogP) is 4.69. The third kappa shape index (κ3) is 2.73. The molecule has 3 nitrogen and oxygen atoms in total. The molecule has 4 heteroatoms. The van der Waals surface area contributed by atoms with Crippen molar-refractivity contribution in [1.82, 2.24) is 10.1 Å². The van der Waals surface area contributed by atoms with Crippen LogP contribution in [0.25, 0.3) is 0 Å². The molecule has 1 saturated carbocycles. The first-order chi connectivity index (χ1) is 9.78. The zero-order valence-electron chi connectivity index (χ0n) is 11.6. The molecule has 1 aliphatic rings. The van der Waals surface area contributed by atoms with Gasteiger partial charge in [0.2, 0.25) is 5.89 Å². The summed E-state index contributed by atoms with van der Waals surface area (Å²) in [6.07, 6.45) is 4.85. The molecule has 0 bridgehead atoms. The lowest BCUT2D eigenvalue weighted by Gasteiger charge is -2.05. The molecule has 0 aliphatic heterocycles. The van der Waals surface area contributed by atoms with E-state index in [4.69, 9.17) is 16.1 Å². The fourth-order valence-electron chi connectivity index (χ4n) is 2.96. The minimum Gasteiger partial charge on any atom is -0.337 e. The highest BCUT2D eigenvalue weighted by atomic mass is 35.5. The van der Waals surface area contributed by atoms with Gasteiger partial charge in [-0.2, -0.15) is 4.98 Å². The van der Waals surface area contributed by atoms with E-state index in [1.54, 1.807) is 0 Å². The summed E-state index contributed by atoms with van der Waals surface area (Å²) in [6.45, 7) is 2.25. The monoisotopic (exact) mass is 290 g/mol. The van der Waals surface area contributed by atoms with Crippen molar-refractivity contribution in [2.45, 2.75) is 43.9 Å². The van der Waals surface area contributed by atoms with Crippen LogP contribution in [0.4, 0.5) is 0 Å². The van der Waals surface area contributed by atoms with E-state index < -0.39 is 0 Å². The first-order valence-corrected chi connectivity index (χ1v) is 7.74. The Morgan fingerprint density at radius 2 is 2.10 bits per heavy atom. The van der Waals surface area contributed by atoms with Crippen LogP contribution in [0.1, 0.15) is 61.2 Å². The van der Waals surface area contributed by atoms with Gasteiger partial charge in [-0.05, 0) is 30.7 Å². The fourth-order valence-corrected chi connectivity index (χ4v) is 3.19. The van der Waals surface area contributed by atoms with Gasteiger partial charge in [-0.3, -0.25) is 0 Å². The average molecular weight is 291 g/mol. The molecular formula is C16H19ClN2O. The van der Waals surface area contributed by atoms with Crippen molar-refractivity contribution in [2.75, 3.05) is 0 Å². The standard InChI is InChI=1S/C16H19ClN2O/c1-2-11-8-9-13(10-11)15-18-16(20-19-15)14(17)12-6-4-3-5-7-12/h3-7,11,13-14H,2,8-10H2,1H3. The smallest absolute Gasteiger partial charge is 0.249 e. The molecule has 0 radical (unpaired) electrons. The van der Waals surface area contributed by atoms with Crippen molar-refractivity contribution >= 4 is 11.6 Å². The van der Waals surface area contributed by atoms with Gasteiger partial charge in [0.15, 0.2) is 5.82 Å².